The van der Waals surface area contributed by atoms with Gasteiger partial charge in [0, 0.05) is 25.9 Å². The first-order valence-corrected chi connectivity index (χ1v) is 7.76. The molecule has 23 heavy (non-hydrogen) atoms. The third-order valence-electron chi connectivity index (χ3n) is 3.22. The molecule has 0 spiro atoms. The molecule has 0 atom stereocenters. The van der Waals surface area contributed by atoms with Crippen LogP contribution in [0.2, 0.25) is 0 Å². The molecule has 0 unspecified atom stereocenters. The van der Waals surface area contributed by atoms with Gasteiger partial charge in [-0.05, 0) is 41.5 Å². The van der Waals surface area contributed by atoms with Gasteiger partial charge in [-0.1, -0.05) is 0 Å². The summed E-state index contributed by atoms with van der Waals surface area (Å²) in [6, 6.07) is 2.15. The first-order chi connectivity index (χ1) is 10.4. The molecular formula is C16H27N3O4. The smallest absolute Gasteiger partial charge is 0.410 e. The number of rotatable bonds is 1. The molecule has 7 heteroatoms. The Morgan fingerprint density at radius 2 is 1.52 bits per heavy atom. The van der Waals surface area contributed by atoms with Crippen molar-refractivity contribution in [3.05, 3.63) is 0 Å². The van der Waals surface area contributed by atoms with Gasteiger partial charge >= 0.3 is 12.2 Å². The summed E-state index contributed by atoms with van der Waals surface area (Å²) >= 11 is 0. The van der Waals surface area contributed by atoms with Crippen LogP contribution in [0.15, 0.2) is 0 Å². The molecule has 0 aliphatic carbocycles. The molecule has 1 aliphatic heterocycles. The lowest BCUT2D eigenvalue weighted by Crippen LogP contribution is -2.56. The summed E-state index contributed by atoms with van der Waals surface area (Å²) in [7, 11) is 0. The van der Waals surface area contributed by atoms with Crippen molar-refractivity contribution >= 4 is 12.2 Å². The number of likely N-dealkylation sites (tertiary alicyclic amines) is 1. The quantitative estimate of drug-likeness (QED) is 0.800. The van der Waals surface area contributed by atoms with Crippen LogP contribution in [0, 0.1) is 11.3 Å². The van der Waals surface area contributed by atoms with Crippen molar-refractivity contribution in [1.82, 2.24) is 10.2 Å². The predicted octanol–water partition coefficient (Wildman–Crippen LogP) is 2.80. The first-order valence-electron chi connectivity index (χ1n) is 7.76. The van der Waals surface area contributed by atoms with Gasteiger partial charge in [-0.15, -0.1) is 0 Å². The largest absolute Gasteiger partial charge is 0.444 e. The maximum absolute atomic E-state index is 12.0. The summed E-state index contributed by atoms with van der Waals surface area (Å²) < 4.78 is 10.5. The summed E-state index contributed by atoms with van der Waals surface area (Å²) in [6.07, 6.45) is -0.352. The van der Waals surface area contributed by atoms with E-state index in [1.54, 1.807) is 46.4 Å². The number of piperidine rings is 1. The summed E-state index contributed by atoms with van der Waals surface area (Å²) in [5.41, 5.74) is -2.20. The second-order valence-corrected chi connectivity index (χ2v) is 7.79. The van der Waals surface area contributed by atoms with E-state index in [9.17, 15) is 14.9 Å². The number of nitriles is 1. The maximum Gasteiger partial charge on any atom is 0.410 e. The van der Waals surface area contributed by atoms with Crippen LogP contribution in [0.5, 0.6) is 0 Å². The highest BCUT2D eigenvalue weighted by molar-refractivity contribution is 5.70. The fraction of sp³-hybridized carbons (Fsp3) is 0.812. The number of alkyl carbamates (subject to hydrolysis) is 1. The lowest BCUT2D eigenvalue weighted by Gasteiger charge is -2.38. The molecule has 0 radical (unpaired) electrons. The minimum Gasteiger partial charge on any atom is -0.444 e. The van der Waals surface area contributed by atoms with E-state index in [1.807, 2.05) is 0 Å². The number of ether oxygens (including phenoxy) is 2. The van der Waals surface area contributed by atoms with E-state index in [0.717, 1.165) is 0 Å². The van der Waals surface area contributed by atoms with Crippen LogP contribution in [-0.4, -0.2) is 46.9 Å². The molecule has 1 heterocycles. The van der Waals surface area contributed by atoms with Crippen molar-refractivity contribution in [1.29, 1.82) is 5.26 Å². The monoisotopic (exact) mass is 325 g/mol. The van der Waals surface area contributed by atoms with Gasteiger partial charge in [-0.2, -0.15) is 5.26 Å². The molecule has 7 nitrogen and oxygen atoms in total. The number of hydrogen-bond acceptors (Lipinski definition) is 5. The zero-order valence-electron chi connectivity index (χ0n) is 14.9. The molecule has 0 aromatic heterocycles. The van der Waals surface area contributed by atoms with Gasteiger partial charge in [-0.3, -0.25) is 0 Å². The number of nitrogens with one attached hydrogen (secondary N) is 1. The molecule has 130 valence electrons. The molecule has 0 aromatic carbocycles. The van der Waals surface area contributed by atoms with Crippen LogP contribution in [0.1, 0.15) is 54.4 Å². The van der Waals surface area contributed by atoms with E-state index in [2.05, 4.69) is 11.4 Å². The maximum atomic E-state index is 12.0. The van der Waals surface area contributed by atoms with Gasteiger partial charge in [-0.25, -0.2) is 9.59 Å². The van der Waals surface area contributed by atoms with Gasteiger partial charge in [0.25, 0.3) is 0 Å². The Balaban J connectivity index is 2.62. The second-order valence-electron chi connectivity index (χ2n) is 7.79. The molecule has 1 aliphatic rings. The highest BCUT2D eigenvalue weighted by Gasteiger charge is 2.39. The Kier molecular flexibility index (Phi) is 5.51. The number of carbonyl (C=O) groups is 2. The summed E-state index contributed by atoms with van der Waals surface area (Å²) in [4.78, 5) is 25.5. The molecule has 1 rings (SSSR count). The van der Waals surface area contributed by atoms with Gasteiger partial charge < -0.3 is 19.7 Å². The molecule has 0 aromatic rings. The van der Waals surface area contributed by atoms with Crippen LogP contribution in [0.25, 0.3) is 0 Å². The Labute approximate surface area is 137 Å². The summed E-state index contributed by atoms with van der Waals surface area (Å²) in [5.74, 6) is 0. The van der Waals surface area contributed by atoms with Gasteiger partial charge in [0.05, 0.1) is 6.07 Å². The molecule has 1 saturated heterocycles. The molecule has 2 amide bonds. The highest BCUT2D eigenvalue weighted by Crippen LogP contribution is 2.24. The molecule has 0 bridgehead atoms. The molecule has 0 saturated carbocycles. The predicted molar refractivity (Wildman–Crippen MR) is 84.8 cm³/mol. The number of carbonyl (C=O) groups excluding carboxylic acids is 2. The van der Waals surface area contributed by atoms with Crippen molar-refractivity contribution in [2.75, 3.05) is 13.1 Å². The van der Waals surface area contributed by atoms with Crippen LogP contribution < -0.4 is 5.32 Å². The van der Waals surface area contributed by atoms with E-state index in [4.69, 9.17) is 9.47 Å². The topological polar surface area (TPSA) is 91.7 Å². The third-order valence-corrected chi connectivity index (χ3v) is 3.22. The minimum atomic E-state index is -1.01. The fourth-order valence-corrected chi connectivity index (χ4v) is 2.16. The average molecular weight is 325 g/mol. The van der Waals surface area contributed by atoms with E-state index in [0.29, 0.717) is 25.9 Å². The minimum absolute atomic E-state index is 0.335. The zero-order valence-corrected chi connectivity index (χ0v) is 14.9. The Morgan fingerprint density at radius 3 is 1.91 bits per heavy atom. The fourth-order valence-electron chi connectivity index (χ4n) is 2.16. The third kappa shape index (κ3) is 6.35. The Bertz CT molecular complexity index is 489. The Morgan fingerprint density at radius 1 is 1.04 bits per heavy atom. The number of nitrogens with zero attached hydrogens (tertiary/aromatic N) is 2. The molecule has 1 fully saturated rings. The van der Waals surface area contributed by atoms with Gasteiger partial charge in [0.1, 0.15) is 16.7 Å². The van der Waals surface area contributed by atoms with Crippen molar-refractivity contribution in [3.63, 3.8) is 0 Å². The van der Waals surface area contributed by atoms with E-state index in [-0.39, 0.29) is 0 Å². The number of amides is 2. The highest BCUT2D eigenvalue weighted by atomic mass is 16.6. The van der Waals surface area contributed by atoms with Crippen molar-refractivity contribution in [2.45, 2.75) is 71.1 Å². The Hall–Kier alpha value is -1.97. The van der Waals surface area contributed by atoms with Crippen LogP contribution >= 0.6 is 0 Å². The van der Waals surface area contributed by atoms with E-state index >= 15 is 0 Å². The average Bonchev–Trinajstić information content (AvgIpc) is 2.35. The normalized spacial score (nSPS) is 17.9. The van der Waals surface area contributed by atoms with Crippen molar-refractivity contribution in [3.8, 4) is 6.07 Å². The lowest BCUT2D eigenvalue weighted by atomic mass is 9.89. The lowest BCUT2D eigenvalue weighted by molar-refractivity contribution is 0.0158. The summed E-state index contributed by atoms with van der Waals surface area (Å²) in [6.45, 7) is 11.4. The van der Waals surface area contributed by atoms with Crippen molar-refractivity contribution in [2.24, 2.45) is 0 Å². The SMILES string of the molecule is CC(C)(C)OC(=O)NC1(C#N)CCN(C(=O)OC(C)(C)C)CC1. The van der Waals surface area contributed by atoms with Gasteiger partial charge in [0.2, 0.25) is 0 Å². The standard InChI is InChI=1S/C16H27N3O4/c1-14(2,3)22-12(20)18-16(11-17)7-9-19(10-8-16)13(21)23-15(4,5)6/h7-10H2,1-6H3,(H,18,20). The zero-order chi connectivity index (χ0) is 17.9. The van der Waals surface area contributed by atoms with Crippen LogP contribution in [0.4, 0.5) is 9.59 Å². The first kappa shape index (κ1) is 19.1. The number of hydrogen-bond donors (Lipinski definition) is 1. The van der Waals surface area contributed by atoms with Crippen molar-refractivity contribution < 1.29 is 19.1 Å². The van der Waals surface area contributed by atoms with Gasteiger partial charge in [0.15, 0.2) is 0 Å². The molecular weight excluding hydrogens is 298 g/mol. The van der Waals surface area contributed by atoms with E-state index in [1.165, 1.54) is 0 Å². The summed E-state index contributed by atoms with van der Waals surface area (Å²) in [5, 5.41) is 12.1. The molecule has 1 N–H and O–H groups in total. The van der Waals surface area contributed by atoms with E-state index < -0.39 is 28.9 Å². The second kappa shape index (κ2) is 6.65. The van der Waals surface area contributed by atoms with Crippen LogP contribution in [-0.2, 0) is 9.47 Å². The van der Waals surface area contributed by atoms with Crippen LogP contribution in [0.3, 0.4) is 0 Å².